The van der Waals surface area contributed by atoms with Gasteiger partial charge < -0.3 is 10.5 Å². The molecule has 6 heteroatoms. The number of rotatable bonds is 3. The van der Waals surface area contributed by atoms with Crippen LogP contribution in [0.4, 0.5) is 18.9 Å². The zero-order valence-corrected chi connectivity index (χ0v) is 10.7. The van der Waals surface area contributed by atoms with Crippen molar-refractivity contribution in [3.8, 4) is 5.75 Å². The molecular weight excluding hydrogens is 269 g/mol. The summed E-state index contributed by atoms with van der Waals surface area (Å²) in [7, 11) is 0. The Bertz CT molecular complexity index is 585. The van der Waals surface area contributed by atoms with E-state index in [4.69, 9.17) is 10.5 Å². The molecule has 1 aromatic heterocycles. The molecule has 0 radical (unpaired) electrons. The predicted octanol–water partition coefficient (Wildman–Crippen LogP) is 3.82. The van der Waals surface area contributed by atoms with Gasteiger partial charge in [0.1, 0.15) is 11.9 Å². The Morgan fingerprint density at radius 2 is 2.00 bits per heavy atom. The fourth-order valence-corrected chi connectivity index (χ4v) is 1.74. The molecule has 0 aliphatic rings. The van der Waals surface area contributed by atoms with E-state index in [1.54, 1.807) is 31.5 Å². The molecule has 106 valence electrons. The van der Waals surface area contributed by atoms with Crippen LogP contribution < -0.4 is 10.5 Å². The molecule has 1 heterocycles. The minimum atomic E-state index is -4.50. The maximum Gasteiger partial charge on any atom is 0.418 e. The molecule has 1 aromatic carbocycles. The molecule has 0 amide bonds. The summed E-state index contributed by atoms with van der Waals surface area (Å²) in [5.41, 5.74) is 4.89. The van der Waals surface area contributed by atoms with Gasteiger partial charge in [-0.15, -0.1) is 0 Å². The van der Waals surface area contributed by atoms with Crippen LogP contribution >= 0.6 is 0 Å². The van der Waals surface area contributed by atoms with Crippen LogP contribution in [0, 0.1) is 0 Å². The second kappa shape index (κ2) is 5.40. The first-order valence-corrected chi connectivity index (χ1v) is 5.91. The third-order valence-corrected chi connectivity index (χ3v) is 2.80. The fraction of sp³-hybridized carbons (Fsp3) is 0.214. The molecule has 20 heavy (non-hydrogen) atoms. The first kappa shape index (κ1) is 14.2. The van der Waals surface area contributed by atoms with Gasteiger partial charge in [-0.1, -0.05) is 6.07 Å². The van der Waals surface area contributed by atoms with Gasteiger partial charge in [-0.25, -0.2) is 0 Å². The molecule has 1 unspecified atom stereocenters. The van der Waals surface area contributed by atoms with Gasteiger partial charge in [-0.3, -0.25) is 4.98 Å². The zero-order valence-electron chi connectivity index (χ0n) is 10.7. The summed E-state index contributed by atoms with van der Waals surface area (Å²) in [4.78, 5) is 3.94. The van der Waals surface area contributed by atoms with Crippen molar-refractivity contribution in [1.82, 2.24) is 4.98 Å². The third-order valence-electron chi connectivity index (χ3n) is 2.80. The van der Waals surface area contributed by atoms with Crippen LogP contribution in [-0.4, -0.2) is 4.98 Å². The highest BCUT2D eigenvalue weighted by Crippen LogP contribution is 2.36. The minimum absolute atomic E-state index is 0.114. The zero-order chi connectivity index (χ0) is 14.8. The Balaban J connectivity index is 2.22. The molecule has 3 nitrogen and oxygen atoms in total. The van der Waals surface area contributed by atoms with E-state index in [2.05, 4.69) is 4.98 Å². The first-order chi connectivity index (χ1) is 9.38. The predicted molar refractivity (Wildman–Crippen MR) is 69.1 cm³/mol. The Hall–Kier alpha value is -2.24. The number of halogens is 3. The summed E-state index contributed by atoms with van der Waals surface area (Å²) in [6.07, 6.45) is -1.69. The van der Waals surface area contributed by atoms with Crippen molar-refractivity contribution in [1.29, 1.82) is 0 Å². The van der Waals surface area contributed by atoms with Gasteiger partial charge in [0.25, 0.3) is 0 Å². The highest BCUT2D eigenvalue weighted by Gasteiger charge is 2.33. The molecule has 2 aromatic rings. The van der Waals surface area contributed by atoms with E-state index in [-0.39, 0.29) is 11.4 Å². The number of aromatic nitrogens is 1. The number of pyridine rings is 1. The summed E-state index contributed by atoms with van der Waals surface area (Å²) in [6.45, 7) is 1.74. The van der Waals surface area contributed by atoms with E-state index in [9.17, 15) is 13.2 Å². The smallest absolute Gasteiger partial charge is 0.418 e. The summed E-state index contributed by atoms with van der Waals surface area (Å²) in [6, 6.07) is 7.03. The molecule has 0 fully saturated rings. The number of hydrogen-bond acceptors (Lipinski definition) is 3. The third kappa shape index (κ3) is 3.20. The van der Waals surface area contributed by atoms with Crippen LogP contribution in [0.25, 0.3) is 0 Å². The van der Waals surface area contributed by atoms with Crippen LogP contribution in [0.1, 0.15) is 24.2 Å². The number of nitrogen functional groups attached to an aromatic ring is 1. The number of alkyl halides is 3. The Labute approximate surface area is 114 Å². The van der Waals surface area contributed by atoms with Gasteiger partial charge in [-0.05, 0) is 31.2 Å². The van der Waals surface area contributed by atoms with E-state index >= 15 is 0 Å². The van der Waals surface area contributed by atoms with Crippen molar-refractivity contribution in [2.75, 3.05) is 5.73 Å². The van der Waals surface area contributed by atoms with Gasteiger partial charge in [0.15, 0.2) is 0 Å². The SMILES string of the molecule is CC(Oc1ccc(N)c(C(F)(F)F)c1)c1cccnc1. The first-order valence-electron chi connectivity index (χ1n) is 5.91. The van der Waals surface area contributed by atoms with Crippen LogP contribution in [-0.2, 0) is 6.18 Å². The van der Waals surface area contributed by atoms with Crippen LogP contribution in [0.5, 0.6) is 5.75 Å². The van der Waals surface area contributed by atoms with E-state index in [1.807, 2.05) is 0 Å². The quantitative estimate of drug-likeness (QED) is 0.870. The summed E-state index contributed by atoms with van der Waals surface area (Å²) < 4.78 is 43.7. The Morgan fingerprint density at radius 1 is 1.25 bits per heavy atom. The lowest BCUT2D eigenvalue weighted by molar-refractivity contribution is -0.137. The second-order valence-corrected chi connectivity index (χ2v) is 4.29. The van der Waals surface area contributed by atoms with Crippen molar-refractivity contribution >= 4 is 5.69 Å². The molecule has 0 saturated carbocycles. The molecule has 0 aliphatic heterocycles. The van der Waals surface area contributed by atoms with E-state index in [0.29, 0.717) is 0 Å². The minimum Gasteiger partial charge on any atom is -0.486 e. The molecule has 0 aliphatic carbocycles. The average Bonchev–Trinajstić information content (AvgIpc) is 2.40. The van der Waals surface area contributed by atoms with Crippen molar-refractivity contribution < 1.29 is 17.9 Å². The van der Waals surface area contributed by atoms with Crippen molar-refractivity contribution in [2.24, 2.45) is 0 Å². The number of ether oxygens (including phenoxy) is 1. The summed E-state index contributed by atoms with van der Waals surface area (Å²) in [5, 5.41) is 0. The van der Waals surface area contributed by atoms with Gasteiger partial charge in [0.05, 0.1) is 5.56 Å². The van der Waals surface area contributed by atoms with E-state index < -0.39 is 17.8 Å². The molecule has 0 spiro atoms. The summed E-state index contributed by atoms with van der Waals surface area (Å²) in [5.74, 6) is 0.114. The normalized spacial score (nSPS) is 13.0. The Morgan fingerprint density at radius 3 is 2.60 bits per heavy atom. The summed E-state index contributed by atoms with van der Waals surface area (Å²) >= 11 is 0. The largest absolute Gasteiger partial charge is 0.486 e. The molecule has 2 N–H and O–H groups in total. The number of anilines is 1. The molecule has 2 rings (SSSR count). The van der Waals surface area contributed by atoms with E-state index in [1.165, 1.54) is 12.1 Å². The average molecular weight is 282 g/mol. The van der Waals surface area contributed by atoms with Crippen molar-refractivity contribution in [3.63, 3.8) is 0 Å². The van der Waals surface area contributed by atoms with Gasteiger partial charge in [0.2, 0.25) is 0 Å². The molecule has 0 saturated heterocycles. The van der Waals surface area contributed by atoms with Crippen LogP contribution in [0.2, 0.25) is 0 Å². The molecule has 0 bridgehead atoms. The molecular formula is C14H13F3N2O. The number of nitrogens with zero attached hydrogens (tertiary/aromatic N) is 1. The maximum absolute atomic E-state index is 12.7. The standard InChI is InChI=1S/C14H13F3N2O/c1-9(10-3-2-6-19-8-10)20-11-4-5-13(18)12(7-11)14(15,16)17/h2-9H,18H2,1H3. The van der Waals surface area contributed by atoms with Crippen LogP contribution in [0.15, 0.2) is 42.7 Å². The topological polar surface area (TPSA) is 48.1 Å². The maximum atomic E-state index is 12.7. The van der Waals surface area contributed by atoms with Crippen molar-refractivity contribution in [3.05, 3.63) is 53.9 Å². The van der Waals surface area contributed by atoms with Crippen molar-refractivity contribution in [2.45, 2.75) is 19.2 Å². The highest BCUT2D eigenvalue weighted by molar-refractivity contribution is 5.52. The Kier molecular flexibility index (Phi) is 3.83. The lowest BCUT2D eigenvalue weighted by Crippen LogP contribution is -2.10. The van der Waals surface area contributed by atoms with Gasteiger partial charge >= 0.3 is 6.18 Å². The number of nitrogens with two attached hydrogens (primary N) is 1. The fourth-order valence-electron chi connectivity index (χ4n) is 1.74. The number of hydrogen-bond donors (Lipinski definition) is 1. The molecule has 1 atom stereocenters. The van der Waals surface area contributed by atoms with E-state index in [0.717, 1.165) is 11.6 Å². The monoisotopic (exact) mass is 282 g/mol. The van der Waals surface area contributed by atoms with Gasteiger partial charge in [-0.2, -0.15) is 13.2 Å². The lowest BCUT2D eigenvalue weighted by atomic mass is 10.1. The second-order valence-electron chi connectivity index (χ2n) is 4.29. The number of benzene rings is 1. The van der Waals surface area contributed by atoms with Crippen LogP contribution in [0.3, 0.4) is 0 Å². The highest BCUT2D eigenvalue weighted by atomic mass is 19.4. The van der Waals surface area contributed by atoms with Gasteiger partial charge in [0, 0.05) is 23.6 Å². The lowest BCUT2D eigenvalue weighted by Gasteiger charge is -2.17.